The summed E-state index contributed by atoms with van der Waals surface area (Å²) in [6.07, 6.45) is 14.6. The van der Waals surface area contributed by atoms with E-state index in [9.17, 15) is 10.2 Å². The van der Waals surface area contributed by atoms with Gasteiger partial charge in [0.15, 0.2) is 0 Å². The number of hydrogen-bond acceptors (Lipinski definition) is 2. The van der Waals surface area contributed by atoms with Crippen LogP contribution in [0.3, 0.4) is 0 Å². The fraction of sp³-hybridized carbons (Fsp3) is 0.778. The van der Waals surface area contributed by atoms with Crippen molar-refractivity contribution < 1.29 is 10.2 Å². The van der Waals surface area contributed by atoms with Gasteiger partial charge in [0, 0.05) is 0 Å². The molecule has 3 aliphatic carbocycles. The highest BCUT2D eigenvalue weighted by atomic mass is 16.3. The Kier molecular flexibility index (Phi) is 3.58. The van der Waals surface area contributed by atoms with E-state index in [1.54, 1.807) is 5.57 Å². The molecule has 3 atom stereocenters. The minimum atomic E-state index is -0.705. The second-order valence-corrected chi connectivity index (χ2v) is 7.70. The van der Waals surface area contributed by atoms with Crippen molar-refractivity contribution in [3.8, 4) is 0 Å². The molecule has 2 heteroatoms. The first-order valence-electron chi connectivity index (χ1n) is 8.20. The van der Waals surface area contributed by atoms with Gasteiger partial charge in [-0.05, 0) is 69.6 Å². The predicted octanol–water partition coefficient (Wildman–Crippen LogP) is 3.59. The first-order chi connectivity index (χ1) is 9.41. The molecule has 0 aliphatic heterocycles. The van der Waals surface area contributed by atoms with Crippen molar-refractivity contribution >= 4 is 0 Å². The van der Waals surface area contributed by atoms with E-state index in [-0.39, 0.29) is 6.10 Å². The fourth-order valence-electron chi connectivity index (χ4n) is 4.31. The Morgan fingerprint density at radius 1 is 1.35 bits per heavy atom. The average molecular weight is 276 g/mol. The zero-order valence-electron chi connectivity index (χ0n) is 12.8. The molecule has 2 saturated carbocycles. The van der Waals surface area contributed by atoms with Gasteiger partial charge in [0.05, 0.1) is 11.7 Å². The van der Waals surface area contributed by atoms with Crippen LogP contribution < -0.4 is 0 Å². The van der Waals surface area contributed by atoms with Crippen molar-refractivity contribution in [3.63, 3.8) is 0 Å². The predicted molar refractivity (Wildman–Crippen MR) is 81.3 cm³/mol. The van der Waals surface area contributed by atoms with E-state index in [2.05, 4.69) is 12.2 Å². The van der Waals surface area contributed by atoms with Crippen LogP contribution in [0, 0.1) is 17.3 Å². The van der Waals surface area contributed by atoms with Gasteiger partial charge >= 0.3 is 0 Å². The second-order valence-electron chi connectivity index (χ2n) is 7.70. The lowest BCUT2D eigenvalue weighted by atomic mass is 9.72. The Morgan fingerprint density at radius 3 is 2.75 bits per heavy atom. The molecule has 0 spiro atoms. The number of hydrogen-bond donors (Lipinski definition) is 2. The summed E-state index contributed by atoms with van der Waals surface area (Å²) in [4.78, 5) is 0. The molecule has 0 aromatic heterocycles. The Bertz CT molecular complexity index is 423. The molecule has 0 heterocycles. The Labute approximate surface area is 122 Å². The summed E-state index contributed by atoms with van der Waals surface area (Å²) in [6.45, 7) is 3.65. The molecular weight excluding hydrogens is 248 g/mol. The highest BCUT2D eigenvalue weighted by Gasteiger charge is 2.51. The number of rotatable bonds is 4. The molecule has 0 aromatic rings. The SMILES string of the molecule is CC(C)(O)/C=C\CC1(C2=CCC3C(O)CCCC23)CC1. The van der Waals surface area contributed by atoms with Gasteiger partial charge in [-0.2, -0.15) is 0 Å². The summed E-state index contributed by atoms with van der Waals surface area (Å²) < 4.78 is 0. The summed E-state index contributed by atoms with van der Waals surface area (Å²) >= 11 is 0. The maximum absolute atomic E-state index is 10.2. The van der Waals surface area contributed by atoms with Crippen molar-refractivity contribution in [1.29, 1.82) is 0 Å². The van der Waals surface area contributed by atoms with Crippen molar-refractivity contribution in [1.82, 2.24) is 0 Å². The molecule has 2 N–H and O–H groups in total. The maximum Gasteiger partial charge on any atom is 0.0771 e. The molecule has 0 amide bonds. The van der Waals surface area contributed by atoms with Crippen LogP contribution in [0.1, 0.15) is 58.8 Å². The van der Waals surface area contributed by atoms with Crippen LogP contribution in [0.4, 0.5) is 0 Å². The molecule has 3 rings (SSSR count). The number of allylic oxidation sites excluding steroid dienone is 3. The highest BCUT2D eigenvalue weighted by Crippen LogP contribution is 2.62. The molecule has 0 radical (unpaired) electrons. The van der Waals surface area contributed by atoms with Gasteiger partial charge in [0.1, 0.15) is 0 Å². The summed E-state index contributed by atoms with van der Waals surface area (Å²) in [5.41, 5.74) is 1.31. The maximum atomic E-state index is 10.2. The second kappa shape index (κ2) is 4.99. The minimum absolute atomic E-state index is 0.0785. The molecule has 0 bridgehead atoms. The van der Waals surface area contributed by atoms with Crippen LogP contribution in [-0.2, 0) is 0 Å². The van der Waals surface area contributed by atoms with E-state index < -0.39 is 5.60 Å². The van der Waals surface area contributed by atoms with Gasteiger partial charge in [0.25, 0.3) is 0 Å². The van der Waals surface area contributed by atoms with Crippen molar-refractivity contribution in [3.05, 3.63) is 23.8 Å². The lowest BCUT2D eigenvalue weighted by Gasteiger charge is -2.34. The fourth-order valence-corrected chi connectivity index (χ4v) is 4.31. The monoisotopic (exact) mass is 276 g/mol. The van der Waals surface area contributed by atoms with E-state index in [1.807, 2.05) is 19.9 Å². The third-order valence-corrected chi connectivity index (χ3v) is 5.54. The van der Waals surface area contributed by atoms with E-state index in [1.165, 1.54) is 25.7 Å². The zero-order chi connectivity index (χ0) is 14.4. The minimum Gasteiger partial charge on any atom is -0.393 e. The van der Waals surface area contributed by atoms with Crippen LogP contribution in [0.25, 0.3) is 0 Å². The zero-order valence-corrected chi connectivity index (χ0v) is 12.8. The number of fused-ring (bicyclic) bond motifs is 1. The largest absolute Gasteiger partial charge is 0.393 e. The Morgan fingerprint density at radius 2 is 2.10 bits per heavy atom. The summed E-state index contributed by atoms with van der Waals surface area (Å²) in [7, 11) is 0. The third-order valence-electron chi connectivity index (χ3n) is 5.54. The van der Waals surface area contributed by atoms with Gasteiger partial charge in [-0.3, -0.25) is 0 Å². The van der Waals surface area contributed by atoms with Crippen molar-refractivity contribution in [2.75, 3.05) is 0 Å². The van der Waals surface area contributed by atoms with Gasteiger partial charge in [-0.1, -0.05) is 30.2 Å². The smallest absolute Gasteiger partial charge is 0.0771 e. The molecule has 3 aliphatic rings. The molecule has 112 valence electrons. The summed E-state index contributed by atoms with van der Waals surface area (Å²) in [6, 6.07) is 0. The molecule has 2 nitrogen and oxygen atoms in total. The van der Waals surface area contributed by atoms with Crippen molar-refractivity contribution in [2.45, 2.75) is 70.5 Å². The number of aliphatic hydroxyl groups is 2. The molecule has 3 unspecified atom stereocenters. The first kappa shape index (κ1) is 14.3. The van der Waals surface area contributed by atoms with Crippen LogP contribution >= 0.6 is 0 Å². The Balaban J connectivity index is 1.68. The van der Waals surface area contributed by atoms with Gasteiger partial charge in [0.2, 0.25) is 0 Å². The Hall–Kier alpha value is -0.600. The van der Waals surface area contributed by atoms with Gasteiger partial charge in [-0.15, -0.1) is 0 Å². The van der Waals surface area contributed by atoms with Crippen LogP contribution in [0.5, 0.6) is 0 Å². The van der Waals surface area contributed by atoms with E-state index in [0.29, 0.717) is 17.3 Å². The van der Waals surface area contributed by atoms with E-state index >= 15 is 0 Å². The average Bonchev–Trinajstić information content (AvgIpc) is 2.99. The first-order valence-corrected chi connectivity index (χ1v) is 8.20. The third kappa shape index (κ3) is 2.73. The highest BCUT2D eigenvalue weighted by molar-refractivity contribution is 5.31. The lowest BCUT2D eigenvalue weighted by Crippen LogP contribution is -2.31. The van der Waals surface area contributed by atoms with E-state index in [0.717, 1.165) is 19.3 Å². The van der Waals surface area contributed by atoms with Crippen LogP contribution in [0.2, 0.25) is 0 Å². The standard InChI is InChI=1S/C18H28O2/c1-17(2,20)9-4-10-18(11-12-18)15-8-7-14-13(15)5-3-6-16(14)19/h4,8-9,13-14,16,19-20H,3,5-7,10-12H2,1-2H3/b9-4-. The van der Waals surface area contributed by atoms with E-state index in [4.69, 9.17) is 0 Å². The van der Waals surface area contributed by atoms with Gasteiger partial charge in [-0.25, -0.2) is 0 Å². The molecule has 0 saturated heterocycles. The molecular formula is C18H28O2. The topological polar surface area (TPSA) is 40.5 Å². The van der Waals surface area contributed by atoms with Crippen LogP contribution in [-0.4, -0.2) is 21.9 Å². The quantitative estimate of drug-likeness (QED) is 0.770. The molecule has 2 fully saturated rings. The normalized spacial score (nSPS) is 36.0. The van der Waals surface area contributed by atoms with Crippen LogP contribution in [0.15, 0.2) is 23.8 Å². The van der Waals surface area contributed by atoms with Gasteiger partial charge < -0.3 is 10.2 Å². The molecule has 20 heavy (non-hydrogen) atoms. The van der Waals surface area contributed by atoms with Crippen molar-refractivity contribution in [2.24, 2.45) is 17.3 Å². The number of aliphatic hydroxyl groups excluding tert-OH is 1. The summed E-state index contributed by atoms with van der Waals surface area (Å²) in [5, 5.41) is 20.0. The molecule has 0 aromatic carbocycles. The summed E-state index contributed by atoms with van der Waals surface area (Å²) in [5.74, 6) is 1.13. The lowest BCUT2D eigenvalue weighted by molar-refractivity contribution is 0.0495.